The van der Waals surface area contributed by atoms with Crippen molar-refractivity contribution in [2.24, 2.45) is 0 Å². The van der Waals surface area contributed by atoms with Crippen LogP contribution in [0.3, 0.4) is 0 Å². The molecular formula is C20H26N4O2S2. The van der Waals surface area contributed by atoms with Crippen molar-refractivity contribution in [3.63, 3.8) is 0 Å². The largest absolute Gasteiger partial charge is 0.325 e. The molecule has 1 heterocycles. The number of rotatable bonds is 9. The number of nitrogens with zero attached hydrogens (tertiary/aromatic N) is 3. The Bertz CT molecular complexity index is 826. The molecule has 2 aromatic rings. The van der Waals surface area contributed by atoms with E-state index in [1.54, 1.807) is 4.90 Å². The smallest absolute Gasteiger partial charge is 0.234 e. The molecule has 0 atom stereocenters. The van der Waals surface area contributed by atoms with Gasteiger partial charge in [0.25, 0.3) is 0 Å². The number of para-hydroxylation sites is 1. The van der Waals surface area contributed by atoms with Gasteiger partial charge in [0.2, 0.25) is 16.9 Å². The van der Waals surface area contributed by atoms with Gasteiger partial charge in [-0.15, -0.1) is 10.2 Å². The third-order valence-electron chi connectivity index (χ3n) is 4.68. The molecular weight excluding hydrogens is 392 g/mol. The second-order valence-corrected chi connectivity index (χ2v) is 8.87. The predicted molar refractivity (Wildman–Crippen MR) is 115 cm³/mol. The molecule has 8 heteroatoms. The van der Waals surface area contributed by atoms with Gasteiger partial charge in [0.1, 0.15) is 0 Å². The van der Waals surface area contributed by atoms with Crippen molar-refractivity contribution in [3.05, 3.63) is 29.3 Å². The Balaban J connectivity index is 1.62. The van der Waals surface area contributed by atoms with Gasteiger partial charge >= 0.3 is 0 Å². The van der Waals surface area contributed by atoms with Crippen molar-refractivity contribution in [1.82, 2.24) is 10.2 Å². The van der Waals surface area contributed by atoms with Crippen LogP contribution in [0.4, 0.5) is 10.8 Å². The summed E-state index contributed by atoms with van der Waals surface area (Å²) in [6.45, 7) is 6.04. The Morgan fingerprint density at radius 1 is 1.18 bits per heavy atom. The number of thioether (sulfide) groups is 1. The molecule has 0 aliphatic heterocycles. The lowest BCUT2D eigenvalue weighted by Gasteiger charge is -2.17. The fourth-order valence-corrected chi connectivity index (χ4v) is 4.76. The van der Waals surface area contributed by atoms with Gasteiger partial charge in [0.15, 0.2) is 4.34 Å². The van der Waals surface area contributed by atoms with Gasteiger partial charge in [0.05, 0.1) is 5.75 Å². The maximum Gasteiger partial charge on any atom is 0.234 e. The Hall–Kier alpha value is -1.93. The van der Waals surface area contributed by atoms with Gasteiger partial charge in [0, 0.05) is 18.2 Å². The summed E-state index contributed by atoms with van der Waals surface area (Å²) in [5.41, 5.74) is 3.23. The monoisotopic (exact) mass is 418 g/mol. The first kappa shape index (κ1) is 20.8. The van der Waals surface area contributed by atoms with Gasteiger partial charge < -0.3 is 5.32 Å². The molecule has 0 radical (unpaired) electrons. The fraction of sp³-hybridized carbons (Fsp3) is 0.500. The Morgan fingerprint density at radius 3 is 2.43 bits per heavy atom. The van der Waals surface area contributed by atoms with Gasteiger partial charge in [-0.1, -0.05) is 62.1 Å². The van der Waals surface area contributed by atoms with Gasteiger partial charge in [-0.05, 0) is 36.8 Å². The molecule has 2 amide bonds. The van der Waals surface area contributed by atoms with Crippen molar-refractivity contribution in [3.8, 4) is 0 Å². The number of aromatic nitrogens is 2. The number of nitrogens with one attached hydrogen (secondary N) is 1. The molecule has 1 aromatic heterocycles. The molecule has 28 heavy (non-hydrogen) atoms. The summed E-state index contributed by atoms with van der Waals surface area (Å²) in [7, 11) is 0. The minimum absolute atomic E-state index is 0.0546. The summed E-state index contributed by atoms with van der Waals surface area (Å²) in [5, 5.41) is 12.1. The molecule has 0 unspecified atom stereocenters. The normalized spacial score (nSPS) is 13.4. The second-order valence-electron chi connectivity index (χ2n) is 6.69. The summed E-state index contributed by atoms with van der Waals surface area (Å²) in [6.07, 6.45) is 4.24. The minimum atomic E-state index is -0.0546. The number of anilines is 2. The lowest BCUT2D eigenvalue weighted by molar-refractivity contribution is -0.118. The van der Waals surface area contributed by atoms with Crippen LogP contribution < -0.4 is 10.2 Å². The van der Waals surface area contributed by atoms with Crippen LogP contribution in [0, 0.1) is 0 Å². The lowest BCUT2D eigenvalue weighted by atomic mass is 10.0. The topological polar surface area (TPSA) is 75.2 Å². The first-order valence-corrected chi connectivity index (χ1v) is 11.6. The first-order chi connectivity index (χ1) is 13.6. The van der Waals surface area contributed by atoms with Crippen molar-refractivity contribution >= 4 is 45.7 Å². The maximum absolute atomic E-state index is 12.5. The van der Waals surface area contributed by atoms with E-state index >= 15 is 0 Å². The van der Waals surface area contributed by atoms with Crippen molar-refractivity contribution in [1.29, 1.82) is 0 Å². The molecule has 0 spiro atoms. The van der Waals surface area contributed by atoms with Crippen LogP contribution in [-0.2, 0) is 22.4 Å². The standard InChI is InChI=1S/C20H26N4O2S2/c1-4-13-8-7-9-14(5-2)18(13)21-16(25)12-27-20-23-22-19(28-20)24(15-10-11-15)17(26)6-3/h7-9,15H,4-6,10-12H2,1-3H3,(H,21,25). The van der Waals surface area contributed by atoms with E-state index in [1.807, 2.05) is 13.0 Å². The molecule has 1 saturated carbocycles. The van der Waals surface area contributed by atoms with E-state index in [1.165, 1.54) is 23.1 Å². The van der Waals surface area contributed by atoms with Gasteiger partial charge in [-0.25, -0.2) is 0 Å². The quantitative estimate of drug-likeness (QED) is 0.485. The number of aryl methyl sites for hydroxylation is 2. The molecule has 150 valence electrons. The van der Waals surface area contributed by atoms with Crippen LogP contribution in [0.2, 0.25) is 0 Å². The van der Waals surface area contributed by atoms with Crippen molar-refractivity contribution in [2.75, 3.05) is 16.0 Å². The predicted octanol–water partition coefficient (Wildman–Crippen LogP) is 4.30. The Kier molecular flexibility index (Phi) is 7.07. The molecule has 6 nitrogen and oxygen atoms in total. The zero-order valence-corrected chi connectivity index (χ0v) is 18.2. The summed E-state index contributed by atoms with van der Waals surface area (Å²) < 4.78 is 0.708. The highest BCUT2D eigenvalue weighted by Gasteiger charge is 2.35. The summed E-state index contributed by atoms with van der Waals surface area (Å²) in [4.78, 5) is 26.5. The molecule has 0 saturated heterocycles. The van der Waals surface area contributed by atoms with Crippen LogP contribution in [0.1, 0.15) is 51.2 Å². The third kappa shape index (κ3) is 4.91. The SMILES string of the molecule is CCC(=O)N(c1nnc(SCC(=O)Nc2c(CC)cccc2CC)s1)C1CC1. The highest BCUT2D eigenvalue weighted by molar-refractivity contribution is 8.01. The van der Waals surface area contributed by atoms with E-state index < -0.39 is 0 Å². The summed E-state index contributed by atoms with van der Waals surface area (Å²) in [6, 6.07) is 6.40. The molecule has 1 aromatic carbocycles. The maximum atomic E-state index is 12.5. The zero-order valence-electron chi connectivity index (χ0n) is 16.5. The zero-order chi connectivity index (χ0) is 20.1. The second kappa shape index (κ2) is 9.52. The highest BCUT2D eigenvalue weighted by Crippen LogP contribution is 2.36. The van der Waals surface area contributed by atoms with Crippen molar-refractivity contribution in [2.45, 2.75) is 63.3 Å². The average Bonchev–Trinajstić information content (AvgIpc) is 3.43. The molecule has 1 fully saturated rings. The van der Waals surface area contributed by atoms with Crippen LogP contribution in [-0.4, -0.2) is 33.8 Å². The number of amides is 2. The molecule has 0 bridgehead atoms. The van der Waals surface area contributed by atoms with E-state index in [0.717, 1.165) is 42.5 Å². The lowest BCUT2D eigenvalue weighted by Crippen LogP contribution is -2.32. The van der Waals surface area contributed by atoms with E-state index in [9.17, 15) is 9.59 Å². The summed E-state index contributed by atoms with van der Waals surface area (Å²) in [5.74, 6) is 0.290. The molecule has 1 aliphatic rings. The number of hydrogen-bond acceptors (Lipinski definition) is 6. The first-order valence-electron chi connectivity index (χ1n) is 9.76. The molecule has 3 rings (SSSR count). The Labute approximate surface area is 174 Å². The van der Waals surface area contributed by atoms with E-state index in [4.69, 9.17) is 0 Å². The number of carbonyl (C=O) groups excluding carboxylic acids is 2. The number of hydrogen-bond donors (Lipinski definition) is 1. The molecule has 1 aliphatic carbocycles. The van der Waals surface area contributed by atoms with Crippen LogP contribution in [0.15, 0.2) is 22.5 Å². The van der Waals surface area contributed by atoms with Gasteiger partial charge in [-0.2, -0.15) is 0 Å². The third-order valence-corrected chi connectivity index (χ3v) is 6.73. The van der Waals surface area contributed by atoms with E-state index in [-0.39, 0.29) is 23.6 Å². The Morgan fingerprint density at radius 2 is 1.86 bits per heavy atom. The van der Waals surface area contributed by atoms with Gasteiger partial charge in [-0.3, -0.25) is 14.5 Å². The van der Waals surface area contributed by atoms with E-state index in [0.29, 0.717) is 15.9 Å². The average molecular weight is 419 g/mol. The van der Waals surface area contributed by atoms with Crippen molar-refractivity contribution < 1.29 is 9.59 Å². The number of benzene rings is 1. The minimum Gasteiger partial charge on any atom is -0.325 e. The highest BCUT2D eigenvalue weighted by atomic mass is 32.2. The van der Waals surface area contributed by atoms with Crippen LogP contribution in [0.5, 0.6) is 0 Å². The summed E-state index contributed by atoms with van der Waals surface area (Å²) >= 11 is 2.74. The van der Waals surface area contributed by atoms with Crippen LogP contribution in [0.25, 0.3) is 0 Å². The number of carbonyl (C=O) groups is 2. The molecule has 1 N–H and O–H groups in total. The van der Waals surface area contributed by atoms with Crippen LogP contribution >= 0.6 is 23.1 Å². The fourth-order valence-electron chi connectivity index (χ4n) is 3.03. The van der Waals surface area contributed by atoms with E-state index in [2.05, 4.69) is 41.5 Å².